The van der Waals surface area contributed by atoms with Gasteiger partial charge in [0.2, 0.25) is 5.91 Å². The van der Waals surface area contributed by atoms with E-state index >= 15 is 0 Å². The van der Waals surface area contributed by atoms with Crippen molar-refractivity contribution in [2.45, 2.75) is 25.5 Å². The Balaban J connectivity index is 1.43. The third-order valence-electron chi connectivity index (χ3n) is 4.12. The molecule has 4 rings (SSSR count). The molecule has 3 heterocycles. The molecule has 0 fully saturated rings. The molecule has 1 aromatic carbocycles. The van der Waals surface area contributed by atoms with E-state index in [4.69, 9.17) is 0 Å². The van der Waals surface area contributed by atoms with Gasteiger partial charge in [-0.25, -0.2) is 9.97 Å². The van der Waals surface area contributed by atoms with Crippen molar-refractivity contribution in [3.05, 3.63) is 46.7 Å². The highest BCUT2D eigenvalue weighted by molar-refractivity contribution is 7.99. The van der Waals surface area contributed by atoms with Gasteiger partial charge < -0.3 is 4.90 Å². The highest BCUT2D eigenvalue weighted by Gasteiger charge is 2.16. The van der Waals surface area contributed by atoms with Gasteiger partial charge in [-0.3, -0.25) is 9.20 Å². The van der Waals surface area contributed by atoms with Crippen molar-refractivity contribution in [1.29, 1.82) is 0 Å². The zero-order valence-corrected chi connectivity index (χ0v) is 16.8. The van der Waals surface area contributed by atoms with Gasteiger partial charge >= 0.3 is 0 Å². The van der Waals surface area contributed by atoms with Crippen molar-refractivity contribution in [2.75, 3.05) is 12.8 Å². The normalized spacial score (nSPS) is 11.4. The van der Waals surface area contributed by atoms with E-state index in [0.717, 1.165) is 26.6 Å². The minimum absolute atomic E-state index is 0.0220. The molecule has 138 valence electrons. The fourth-order valence-electron chi connectivity index (χ4n) is 2.81. The van der Waals surface area contributed by atoms with Crippen molar-refractivity contribution < 1.29 is 4.79 Å². The van der Waals surface area contributed by atoms with Crippen LogP contribution in [0.15, 0.2) is 35.5 Å². The van der Waals surface area contributed by atoms with Gasteiger partial charge in [0.1, 0.15) is 5.01 Å². The van der Waals surface area contributed by atoms with Gasteiger partial charge in [-0.2, -0.15) is 0 Å². The maximum Gasteiger partial charge on any atom is 0.256 e. The summed E-state index contributed by atoms with van der Waals surface area (Å²) in [6.45, 7) is 4.41. The molecule has 0 radical (unpaired) electrons. The van der Waals surface area contributed by atoms with Crippen LogP contribution in [0.1, 0.15) is 16.4 Å². The van der Waals surface area contributed by atoms with Crippen LogP contribution in [-0.2, 0) is 11.3 Å². The number of carbonyl (C=O) groups excluding carboxylic acids is 1. The Labute approximate surface area is 164 Å². The largest absolute Gasteiger partial charge is 0.338 e. The van der Waals surface area contributed by atoms with Crippen LogP contribution in [0.5, 0.6) is 0 Å². The van der Waals surface area contributed by atoms with Crippen LogP contribution in [0.3, 0.4) is 0 Å². The smallest absolute Gasteiger partial charge is 0.256 e. The molecule has 0 saturated heterocycles. The van der Waals surface area contributed by atoms with Crippen LogP contribution in [-0.4, -0.2) is 48.2 Å². The van der Waals surface area contributed by atoms with E-state index in [1.165, 1.54) is 11.8 Å². The standard InChI is InChI=1S/C18H18N6OS2/c1-11-8-12(2)24-17(19-11)21-22-18(24)26-10-16(25)23(3)9-15-20-13-6-4-5-7-14(13)27-15/h4-8H,9-10H2,1-3H3. The zero-order valence-electron chi connectivity index (χ0n) is 15.2. The maximum absolute atomic E-state index is 12.5. The highest BCUT2D eigenvalue weighted by atomic mass is 32.2. The van der Waals surface area contributed by atoms with E-state index in [-0.39, 0.29) is 11.7 Å². The summed E-state index contributed by atoms with van der Waals surface area (Å²) in [6, 6.07) is 9.97. The molecule has 1 amide bonds. The fraction of sp³-hybridized carbons (Fsp3) is 0.278. The molecule has 27 heavy (non-hydrogen) atoms. The van der Waals surface area contributed by atoms with Crippen LogP contribution in [0, 0.1) is 13.8 Å². The molecule has 0 saturated carbocycles. The number of para-hydroxylation sites is 1. The summed E-state index contributed by atoms with van der Waals surface area (Å²) < 4.78 is 3.01. The predicted octanol–water partition coefficient (Wildman–Crippen LogP) is 3.10. The number of aromatic nitrogens is 5. The molecule has 0 spiro atoms. The number of thiazole rings is 1. The molecule has 4 aromatic rings. The van der Waals surface area contributed by atoms with Crippen molar-refractivity contribution in [1.82, 2.24) is 29.5 Å². The molecule has 0 aliphatic carbocycles. The van der Waals surface area contributed by atoms with Gasteiger partial charge in [0.15, 0.2) is 5.16 Å². The summed E-state index contributed by atoms with van der Waals surface area (Å²) in [6.07, 6.45) is 0. The summed E-state index contributed by atoms with van der Waals surface area (Å²) in [5.74, 6) is 0.870. The topological polar surface area (TPSA) is 76.3 Å². The molecule has 0 aliphatic heterocycles. The van der Waals surface area contributed by atoms with Gasteiger partial charge in [0.25, 0.3) is 5.78 Å². The van der Waals surface area contributed by atoms with E-state index in [9.17, 15) is 4.79 Å². The average Bonchev–Trinajstić information content (AvgIpc) is 3.22. The first-order valence-corrected chi connectivity index (χ1v) is 10.2. The number of thioether (sulfide) groups is 1. The lowest BCUT2D eigenvalue weighted by Crippen LogP contribution is -2.27. The number of hydrogen-bond acceptors (Lipinski definition) is 7. The van der Waals surface area contributed by atoms with Gasteiger partial charge in [0.05, 0.1) is 22.5 Å². The molecular formula is C18H18N6OS2. The number of hydrogen-bond donors (Lipinski definition) is 0. The SMILES string of the molecule is Cc1cc(C)n2c(SCC(=O)N(C)Cc3nc4ccccc4s3)nnc2n1. The second-order valence-electron chi connectivity index (χ2n) is 6.27. The molecule has 0 unspecified atom stereocenters. The van der Waals surface area contributed by atoms with Crippen LogP contribution in [0.2, 0.25) is 0 Å². The molecule has 0 aliphatic rings. The molecule has 7 nitrogen and oxygen atoms in total. The summed E-state index contributed by atoms with van der Waals surface area (Å²) in [5, 5.41) is 9.89. The summed E-state index contributed by atoms with van der Waals surface area (Å²) in [5.41, 5.74) is 2.87. The summed E-state index contributed by atoms with van der Waals surface area (Å²) in [7, 11) is 1.80. The Morgan fingerprint density at radius 2 is 2.04 bits per heavy atom. The van der Waals surface area contributed by atoms with Crippen molar-refractivity contribution >= 4 is 45.0 Å². The van der Waals surface area contributed by atoms with Crippen molar-refractivity contribution in [2.24, 2.45) is 0 Å². The second kappa shape index (κ2) is 7.24. The lowest BCUT2D eigenvalue weighted by Gasteiger charge is -2.15. The van der Waals surface area contributed by atoms with E-state index in [1.807, 2.05) is 48.6 Å². The minimum Gasteiger partial charge on any atom is -0.338 e. The van der Waals surface area contributed by atoms with Gasteiger partial charge in [0, 0.05) is 18.4 Å². The highest BCUT2D eigenvalue weighted by Crippen LogP contribution is 2.23. The first-order chi connectivity index (χ1) is 13.0. The Hall–Kier alpha value is -2.52. The van der Waals surface area contributed by atoms with Crippen LogP contribution < -0.4 is 0 Å². The zero-order chi connectivity index (χ0) is 19.0. The monoisotopic (exact) mass is 398 g/mol. The second-order valence-corrected chi connectivity index (χ2v) is 8.33. The average molecular weight is 399 g/mol. The summed E-state index contributed by atoms with van der Waals surface area (Å²) in [4.78, 5) is 23.2. The third-order valence-corrected chi connectivity index (χ3v) is 6.06. The molecule has 0 N–H and O–H groups in total. The Kier molecular flexibility index (Phi) is 4.79. The predicted molar refractivity (Wildman–Crippen MR) is 107 cm³/mol. The number of benzene rings is 1. The van der Waals surface area contributed by atoms with Crippen LogP contribution >= 0.6 is 23.1 Å². The Morgan fingerprint density at radius 1 is 1.22 bits per heavy atom. The fourth-order valence-corrected chi connectivity index (χ4v) is 4.76. The number of nitrogens with zero attached hydrogens (tertiary/aromatic N) is 6. The number of aryl methyl sites for hydroxylation is 2. The molecule has 3 aromatic heterocycles. The van der Waals surface area contributed by atoms with Gasteiger partial charge in [-0.1, -0.05) is 23.9 Å². The maximum atomic E-state index is 12.5. The van der Waals surface area contributed by atoms with Crippen LogP contribution in [0.25, 0.3) is 16.0 Å². The molecule has 0 bridgehead atoms. The first-order valence-electron chi connectivity index (χ1n) is 8.42. The van der Waals surface area contributed by atoms with Gasteiger partial charge in [-0.05, 0) is 32.0 Å². The van der Waals surface area contributed by atoms with Crippen LogP contribution in [0.4, 0.5) is 0 Å². The number of fused-ring (bicyclic) bond motifs is 2. The van der Waals surface area contributed by atoms with E-state index in [0.29, 0.717) is 17.5 Å². The van der Waals surface area contributed by atoms with Crippen molar-refractivity contribution in [3.8, 4) is 0 Å². The molecular weight excluding hydrogens is 380 g/mol. The molecule has 0 atom stereocenters. The summed E-state index contributed by atoms with van der Waals surface area (Å²) >= 11 is 2.99. The first kappa shape index (κ1) is 17.9. The number of amides is 1. The molecule has 9 heteroatoms. The third kappa shape index (κ3) is 3.65. The minimum atomic E-state index is 0.0220. The Bertz CT molecular complexity index is 1100. The lowest BCUT2D eigenvalue weighted by atomic mass is 10.3. The number of carbonyl (C=O) groups is 1. The van der Waals surface area contributed by atoms with E-state index in [2.05, 4.69) is 20.2 Å². The quantitative estimate of drug-likeness (QED) is 0.481. The Morgan fingerprint density at radius 3 is 2.85 bits per heavy atom. The van der Waals surface area contributed by atoms with E-state index < -0.39 is 0 Å². The van der Waals surface area contributed by atoms with E-state index in [1.54, 1.807) is 23.3 Å². The van der Waals surface area contributed by atoms with Crippen molar-refractivity contribution in [3.63, 3.8) is 0 Å². The van der Waals surface area contributed by atoms with Gasteiger partial charge in [-0.15, -0.1) is 21.5 Å². The number of rotatable bonds is 5. The lowest BCUT2D eigenvalue weighted by molar-refractivity contribution is -0.127.